The highest BCUT2D eigenvalue weighted by molar-refractivity contribution is 6.36. The summed E-state index contributed by atoms with van der Waals surface area (Å²) in [5.74, 6) is -1.48. The minimum Gasteiger partial charge on any atom is -0.511 e. The molecule has 10 heterocycles. The molecule has 10 aliphatic heterocycles. The lowest BCUT2D eigenvalue weighted by molar-refractivity contribution is -0.138. The van der Waals surface area contributed by atoms with Gasteiger partial charge >= 0.3 is 17.9 Å². The zero-order valence-electron chi connectivity index (χ0n) is 62.5. The third-order valence-corrected chi connectivity index (χ3v) is 22.1. The van der Waals surface area contributed by atoms with Gasteiger partial charge in [0.1, 0.15) is 22.9 Å². The number of aliphatic carboxylic acids is 2. The molecule has 2 saturated heterocycles. The Bertz CT molecular complexity index is 5020. The van der Waals surface area contributed by atoms with Crippen molar-refractivity contribution in [1.29, 1.82) is 0 Å². The van der Waals surface area contributed by atoms with Crippen molar-refractivity contribution in [2.45, 2.75) is 175 Å². The molecule has 2 fully saturated rings. The minimum atomic E-state index is -0.861. The van der Waals surface area contributed by atoms with Crippen LogP contribution in [0.4, 0.5) is 0 Å². The van der Waals surface area contributed by atoms with Crippen molar-refractivity contribution in [1.82, 2.24) is 10.6 Å². The third kappa shape index (κ3) is 12.6. The molecule has 0 radical (unpaired) electrons. The molecule has 6 N–H and O–H groups in total. The van der Waals surface area contributed by atoms with Crippen molar-refractivity contribution in [2.24, 2.45) is 65.5 Å². The summed E-state index contributed by atoms with van der Waals surface area (Å²) in [5.41, 5.74) is 30.6. The number of aliphatic hydroxyl groups excluding tert-OH is 2. The Morgan fingerprint density at radius 2 is 0.933 bits per heavy atom. The van der Waals surface area contributed by atoms with E-state index in [0.29, 0.717) is 43.5 Å². The normalized spacial score (nSPS) is 22.6. The van der Waals surface area contributed by atoms with Gasteiger partial charge in [-0.3, -0.25) is 14.4 Å². The number of aliphatic imine (C=N–C) groups is 6. The lowest BCUT2D eigenvalue weighted by atomic mass is 9.83. The Kier molecular flexibility index (Phi) is 19.0. The number of nitrogens with one attached hydrogen (secondary N) is 2. The van der Waals surface area contributed by atoms with Crippen LogP contribution in [0.15, 0.2) is 249 Å². The number of nitrogens with zero attached hydrogens (tertiary/aromatic N) is 6. The number of benzene rings is 2. The topological polar surface area (TPSA) is 266 Å². The summed E-state index contributed by atoms with van der Waals surface area (Å²) in [6, 6.07) is 14.9. The molecule has 18 heteroatoms. The lowest BCUT2D eigenvalue weighted by Crippen LogP contribution is -2.23. The second-order valence-electron chi connectivity index (χ2n) is 30.4. The zero-order valence-corrected chi connectivity index (χ0v) is 62.5. The number of allylic oxidation sites excluding steroid dienone is 24. The first-order chi connectivity index (χ1) is 49.4. The van der Waals surface area contributed by atoms with E-state index in [1.165, 1.54) is 0 Å². The number of esters is 1. The molecule has 0 aromatic heterocycles. The lowest BCUT2D eigenvalue weighted by Gasteiger charge is -2.20. The second kappa shape index (κ2) is 27.5. The average Bonchev–Trinajstić information content (AvgIpc) is 1.58. The fourth-order valence-electron chi connectivity index (χ4n) is 17.0. The summed E-state index contributed by atoms with van der Waals surface area (Å²) < 4.78 is 10.8. The summed E-state index contributed by atoms with van der Waals surface area (Å²) in [6.45, 7) is 35.7. The van der Waals surface area contributed by atoms with E-state index in [1.807, 2.05) is 71.0 Å². The van der Waals surface area contributed by atoms with Crippen LogP contribution in [0.5, 0.6) is 5.75 Å². The number of hydrogen-bond acceptors (Lipinski definition) is 16. The molecule has 16 bridgehead atoms. The zero-order chi connectivity index (χ0) is 74.6. The van der Waals surface area contributed by atoms with Gasteiger partial charge in [-0.05, 0) is 215 Å². The Labute approximate surface area is 608 Å². The summed E-state index contributed by atoms with van der Waals surface area (Å²) in [6.07, 6.45) is 11.3. The third-order valence-electron chi connectivity index (χ3n) is 22.1. The van der Waals surface area contributed by atoms with Crippen LogP contribution >= 0.6 is 0 Å². The number of carbonyl (C=O) groups excluding carboxylic acids is 2. The van der Waals surface area contributed by atoms with Crippen LogP contribution < -0.4 is 15.4 Å². The van der Waals surface area contributed by atoms with Crippen LogP contribution in [0, 0.1) is 35.5 Å². The van der Waals surface area contributed by atoms with Gasteiger partial charge in [0.15, 0.2) is 0 Å². The molecule has 2 aliphatic carbocycles. The van der Waals surface area contributed by atoms with Crippen molar-refractivity contribution in [3.63, 3.8) is 0 Å². The van der Waals surface area contributed by atoms with Gasteiger partial charge in [0.25, 0.3) is 6.47 Å². The molecule has 104 heavy (non-hydrogen) atoms. The maximum Gasteiger partial charge on any atom is 0.338 e. The molecule has 2 aromatic carbocycles. The van der Waals surface area contributed by atoms with Crippen molar-refractivity contribution in [3.8, 4) is 5.75 Å². The molecule has 14 rings (SSSR count). The molecular weight excluding hydrogens is 1300 g/mol. The largest absolute Gasteiger partial charge is 0.511 e. The maximum absolute atomic E-state index is 13.1. The first-order valence-corrected chi connectivity index (χ1v) is 36.4. The highest BCUT2D eigenvalue weighted by Crippen LogP contribution is 2.52. The molecule has 18 nitrogen and oxygen atoms in total. The summed E-state index contributed by atoms with van der Waals surface area (Å²) in [4.78, 5) is 79.6. The summed E-state index contributed by atoms with van der Waals surface area (Å²) >= 11 is 0. The first-order valence-electron chi connectivity index (χ1n) is 36.4. The quantitative estimate of drug-likeness (QED) is 0.0718. The van der Waals surface area contributed by atoms with Gasteiger partial charge in [0, 0.05) is 106 Å². The number of carbonyl (C=O) groups is 4. The molecule has 536 valence electrons. The van der Waals surface area contributed by atoms with Crippen molar-refractivity contribution in [3.05, 3.63) is 236 Å². The molecule has 0 unspecified atom stereocenters. The number of hydrogen-bond donors (Lipinski definition) is 6. The van der Waals surface area contributed by atoms with Crippen LogP contribution in [0.2, 0.25) is 0 Å². The van der Waals surface area contributed by atoms with E-state index in [4.69, 9.17) is 39.4 Å². The highest BCUT2D eigenvalue weighted by atomic mass is 16.6. The van der Waals surface area contributed by atoms with Crippen molar-refractivity contribution in [2.75, 3.05) is 0 Å². The Morgan fingerprint density at radius 3 is 1.30 bits per heavy atom. The van der Waals surface area contributed by atoms with Gasteiger partial charge in [0.2, 0.25) is 0 Å². The van der Waals surface area contributed by atoms with Crippen LogP contribution in [0.25, 0.3) is 11.1 Å². The predicted molar refractivity (Wildman–Crippen MR) is 410 cm³/mol. The van der Waals surface area contributed by atoms with E-state index in [2.05, 4.69) is 106 Å². The molecule has 0 spiro atoms. The molecule has 0 amide bonds. The predicted octanol–water partition coefficient (Wildman–Crippen LogP) is 17.9. The Hall–Kier alpha value is -10.6. The van der Waals surface area contributed by atoms with E-state index in [-0.39, 0.29) is 59.9 Å². The van der Waals surface area contributed by atoms with E-state index >= 15 is 0 Å². The van der Waals surface area contributed by atoms with Gasteiger partial charge in [-0.25, -0.2) is 34.7 Å². The van der Waals surface area contributed by atoms with Gasteiger partial charge in [-0.2, -0.15) is 0 Å². The standard InChI is InChI=1S/C45H50N4O5.C41H42N4O5/c1-11-28-22(4)31-20-34-37(21(2)3)25(7)41(48-34)39(26-12-14-27(15-13-26)44(53)54-45(8,9)10)40-23(5)29(16-17-36(51)52)42(49-40)30-18-35(50)38-24(6)32(47-43(30)38)19-33(28)46-31;1-8-26-20(4)29-17-32-35(19(2)3)23(7)39(44-32)37(24-9-11-25(12-10-24)50-18-46)38-21(5)27(13-14-34(48)49)40(45-38)28-15-33(47)36-22(6)30(43-41(28)36)16-31(26)42-29/h12-15,19-21,23,29,49-50H,11,16-18H2,1-10H3,(H,51,52);9-12,16-19,21,27,45,47H,8,13-15H2,1-7H3,(H,48,49)/t23-,29-;21-,27-/m00/s1. The Balaban J connectivity index is 0.000000185. The van der Waals surface area contributed by atoms with Crippen LogP contribution in [0.3, 0.4) is 0 Å². The molecule has 4 atom stereocenters. The number of rotatable bonds is 15. The molecule has 12 aliphatic rings. The van der Waals surface area contributed by atoms with Gasteiger partial charge in [-0.1, -0.05) is 79.7 Å². The fraction of sp³-hybridized carbons (Fsp3) is 0.372. The maximum atomic E-state index is 13.1. The number of fused-ring (bicyclic) bond motifs is 10. The summed E-state index contributed by atoms with van der Waals surface area (Å²) in [7, 11) is 0. The van der Waals surface area contributed by atoms with Crippen LogP contribution in [0.1, 0.15) is 191 Å². The molecular formula is C86H92N8O10. The van der Waals surface area contributed by atoms with E-state index in [1.54, 1.807) is 24.3 Å². The number of ether oxygens (including phenoxy) is 2. The first kappa shape index (κ1) is 71.8. The van der Waals surface area contributed by atoms with E-state index < -0.39 is 23.5 Å². The number of aliphatic hydroxyl groups is 2. The highest BCUT2D eigenvalue weighted by Gasteiger charge is 2.46. The summed E-state index contributed by atoms with van der Waals surface area (Å²) in [5, 5.41) is 50.2. The van der Waals surface area contributed by atoms with E-state index in [0.717, 1.165) is 204 Å². The number of carboxylic acids is 2. The monoisotopic (exact) mass is 1400 g/mol. The van der Waals surface area contributed by atoms with E-state index in [9.17, 15) is 39.6 Å². The average molecular weight is 1400 g/mol. The fourth-order valence-corrected chi connectivity index (χ4v) is 17.0. The SMILES string of the molecule is CCC1=C(C)C2=NC1=CC1=C(C)C3=C(O)CC(=C4NC(=C(c5ccc(C(=O)OC(C)(C)C)cc5)C5=NC(=C2)C(C(C)C)=C5C)[C@@H](C)[C@@H]4CCC(=O)O)C3=N1.CCC1=C(C)C2=NC1=CC1=C(C)C3=C(O)CC(=C4NC(=C(c5ccc(OC=O)cc5)C5=NC(=C2)C(C(C)C)=C5C)[C@@H](C)[C@@H]4CCC(=O)O)C3=N1. The van der Waals surface area contributed by atoms with Crippen LogP contribution in [-0.2, 0) is 19.1 Å². The van der Waals surface area contributed by atoms with Gasteiger partial charge in [-0.15, -0.1) is 0 Å². The molecule has 2 aromatic rings. The number of carboxylic acid groups (broad SMARTS) is 2. The van der Waals surface area contributed by atoms with Gasteiger partial charge < -0.3 is 40.5 Å². The van der Waals surface area contributed by atoms with Gasteiger partial charge in [0.05, 0.1) is 74.0 Å². The Morgan fingerprint density at radius 1 is 0.529 bits per heavy atom. The second-order valence-corrected chi connectivity index (χ2v) is 30.4. The molecule has 0 saturated carbocycles. The van der Waals surface area contributed by atoms with Crippen molar-refractivity contribution >= 4 is 69.8 Å². The van der Waals surface area contributed by atoms with Crippen LogP contribution in [-0.4, -0.2) is 84.7 Å². The minimum absolute atomic E-state index is 0.00294. The van der Waals surface area contributed by atoms with Crippen molar-refractivity contribution < 1.29 is 49.1 Å². The smallest absolute Gasteiger partial charge is 0.338 e.